The van der Waals surface area contributed by atoms with E-state index in [1.807, 2.05) is 18.2 Å². The molecule has 7 aromatic rings. The van der Waals surface area contributed by atoms with Crippen LogP contribution in [0.3, 0.4) is 0 Å². The Bertz CT molecular complexity index is 1950. The molecule has 0 bridgehead atoms. The van der Waals surface area contributed by atoms with Crippen molar-refractivity contribution in [3.63, 3.8) is 0 Å². The first-order valence-electron chi connectivity index (χ1n) is 12.1. The molecular formula is C33H20ClN3. The quantitative estimate of drug-likeness (QED) is 0.230. The molecule has 0 saturated heterocycles. The highest BCUT2D eigenvalue weighted by molar-refractivity contribution is 6.28. The predicted octanol–water partition coefficient (Wildman–Crippen LogP) is 8.99. The van der Waals surface area contributed by atoms with Gasteiger partial charge in [0, 0.05) is 16.5 Å². The summed E-state index contributed by atoms with van der Waals surface area (Å²) in [6.07, 6.45) is 0. The van der Waals surface area contributed by atoms with Crippen molar-refractivity contribution in [3.05, 3.63) is 127 Å². The van der Waals surface area contributed by atoms with Gasteiger partial charge in [-0.3, -0.25) is 0 Å². The Morgan fingerprint density at radius 1 is 0.432 bits per heavy atom. The van der Waals surface area contributed by atoms with Gasteiger partial charge < -0.3 is 0 Å². The maximum absolute atomic E-state index is 6.46. The topological polar surface area (TPSA) is 38.7 Å². The van der Waals surface area contributed by atoms with Crippen LogP contribution in [-0.2, 0) is 0 Å². The van der Waals surface area contributed by atoms with Gasteiger partial charge in [0.05, 0.1) is 0 Å². The Morgan fingerprint density at radius 2 is 1.08 bits per heavy atom. The Hall–Kier alpha value is -4.60. The van der Waals surface area contributed by atoms with Crippen molar-refractivity contribution in [2.24, 2.45) is 0 Å². The van der Waals surface area contributed by atoms with Crippen LogP contribution >= 0.6 is 11.6 Å². The summed E-state index contributed by atoms with van der Waals surface area (Å²) in [6, 6.07) is 42.0. The monoisotopic (exact) mass is 493 g/mol. The van der Waals surface area contributed by atoms with Crippen molar-refractivity contribution in [1.29, 1.82) is 0 Å². The Labute approximate surface area is 219 Å². The molecule has 6 aromatic carbocycles. The molecule has 0 aliphatic carbocycles. The van der Waals surface area contributed by atoms with Crippen LogP contribution in [0.15, 0.2) is 121 Å². The fourth-order valence-corrected chi connectivity index (χ4v) is 5.20. The van der Waals surface area contributed by atoms with Crippen molar-refractivity contribution in [2.45, 2.75) is 0 Å². The van der Waals surface area contributed by atoms with Gasteiger partial charge in [-0.05, 0) is 61.8 Å². The molecule has 7 rings (SSSR count). The molecule has 1 heterocycles. The summed E-state index contributed by atoms with van der Waals surface area (Å²) < 4.78 is 0. The molecule has 0 aliphatic heterocycles. The normalized spacial score (nSPS) is 11.4. The Kier molecular flexibility index (Phi) is 5.16. The van der Waals surface area contributed by atoms with E-state index in [4.69, 9.17) is 16.6 Å². The summed E-state index contributed by atoms with van der Waals surface area (Å²) in [7, 11) is 0. The first kappa shape index (κ1) is 21.7. The molecule has 0 amide bonds. The number of nitrogens with zero attached hydrogens (tertiary/aromatic N) is 3. The highest BCUT2D eigenvalue weighted by Gasteiger charge is 2.14. The second kappa shape index (κ2) is 8.81. The van der Waals surface area contributed by atoms with Crippen molar-refractivity contribution in [2.75, 3.05) is 0 Å². The van der Waals surface area contributed by atoms with E-state index in [2.05, 4.69) is 113 Å². The van der Waals surface area contributed by atoms with Gasteiger partial charge in [-0.25, -0.2) is 4.98 Å². The lowest BCUT2D eigenvalue weighted by Gasteiger charge is -2.11. The van der Waals surface area contributed by atoms with Crippen molar-refractivity contribution in [3.8, 4) is 33.9 Å². The van der Waals surface area contributed by atoms with E-state index in [0.717, 1.165) is 38.1 Å². The van der Waals surface area contributed by atoms with E-state index in [1.54, 1.807) is 0 Å². The molecule has 0 radical (unpaired) electrons. The average molecular weight is 494 g/mol. The van der Waals surface area contributed by atoms with Crippen LogP contribution in [0, 0.1) is 0 Å². The number of aromatic nitrogens is 3. The zero-order chi connectivity index (χ0) is 24.8. The van der Waals surface area contributed by atoms with Crippen LogP contribution in [-0.4, -0.2) is 15.0 Å². The highest BCUT2D eigenvalue weighted by Crippen LogP contribution is 2.34. The lowest BCUT2D eigenvalue weighted by atomic mass is 9.97. The van der Waals surface area contributed by atoms with Crippen LogP contribution in [0.1, 0.15) is 0 Å². The van der Waals surface area contributed by atoms with Crippen LogP contribution < -0.4 is 0 Å². The standard InChI is InChI=1S/C33H20ClN3/c34-33-36-31(27-18-17-25-19-24(15-16-26(25)20-27)21-7-2-1-3-8-21)35-32(37-33)29-12-6-10-23-14-13-22-9-4-5-11-28(22)30(23)29/h1-20H. The van der Waals surface area contributed by atoms with Crippen LogP contribution in [0.5, 0.6) is 0 Å². The van der Waals surface area contributed by atoms with Gasteiger partial charge in [0.2, 0.25) is 5.28 Å². The zero-order valence-electron chi connectivity index (χ0n) is 19.8. The van der Waals surface area contributed by atoms with Gasteiger partial charge in [-0.1, -0.05) is 109 Å². The predicted molar refractivity (Wildman–Crippen MR) is 154 cm³/mol. The molecule has 174 valence electrons. The minimum Gasteiger partial charge on any atom is -0.208 e. The lowest BCUT2D eigenvalue weighted by molar-refractivity contribution is 1.07. The molecule has 0 atom stereocenters. The number of fused-ring (bicyclic) bond motifs is 4. The molecule has 0 fully saturated rings. The fraction of sp³-hybridized carbons (Fsp3) is 0. The molecule has 37 heavy (non-hydrogen) atoms. The Balaban J connectivity index is 1.36. The molecule has 4 heteroatoms. The zero-order valence-corrected chi connectivity index (χ0v) is 20.5. The minimum atomic E-state index is 0.178. The summed E-state index contributed by atoms with van der Waals surface area (Å²) in [5, 5.41) is 7.03. The molecule has 3 nitrogen and oxygen atoms in total. The van der Waals surface area contributed by atoms with E-state index in [0.29, 0.717) is 11.6 Å². The molecular weight excluding hydrogens is 474 g/mol. The average Bonchev–Trinajstić information content (AvgIpc) is 2.96. The van der Waals surface area contributed by atoms with Crippen LogP contribution in [0.4, 0.5) is 0 Å². The molecule has 0 aliphatic rings. The molecule has 1 aromatic heterocycles. The summed E-state index contributed by atoms with van der Waals surface area (Å²) in [5.74, 6) is 1.12. The summed E-state index contributed by atoms with van der Waals surface area (Å²) >= 11 is 6.46. The Morgan fingerprint density at radius 3 is 1.95 bits per heavy atom. The summed E-state index contributed by atoms with van der Waals surface area (Å²) in [5.41, 5.74) is 4.23. The van der Waals surface area contributed by atoms with Gasteiger partial charge in [0.25, 0.3) is 0 Å². The summed E-state index contributed by atoms with van der Waals surface area (Å²) in [6.45, 7) is 0. The highest BCUT2D eigenvalue weighted by atomic mass is 35.5. The minimum absolute atomic E-state index is 0.178. The smallest absolute Gasteiger partial charge is 0.208 e. The third-order valence-corrected chi connectivity index (χ3v) is 6.99. The molecule has 0 spiro atoms. The third-order valence-electron chi connectivity index (χ3n) is 6.82. The number of hydrogen-bond acceptors (Lipinski definition) is 3. The van der Waals surface area contributed by atoms with E-state index in [1.165, 1.54) is 16.5 Å². The van der Waals surface area contributed by atoms with Gasteiger partial charge in [-0.2, -0.15) is 9.97 Å². The summed E-state index contributed by atoms with van der Waals surface area (Å²) in [4.78, 5) is 13.9. The maximum Gasteiger partial charge on any atom is 0.226 e. The van der Waals surface area contributed by atoms with Gasteiger partial charge in [0.1, 0.15) is 0 Å². The van der Waals surface area contributed by atoms with Crippen molar-refractivity contribution < 1.29 is 0 Å². The van der Waals surface area contributed by atoms with E-state index in [-0.39, 0.29) is 5.28 Å². The van der Waals surface area contributed by atoms with E-state index < -0.39 is 0 Å². The third kappa shape index (κ3) is 3.90. The first-order chi connectivity index (χ1) is 18.2. The van der Waals surface area contributed by atoms with E-state index in [9.17, 15) is 0 Å². The van der Waals surface area contributed by atoms with E-state index >= 15 is 0 Å². The van der Waals surface area contributed by atoms with Crippen molar-refractivity contribution >= 4 is 43.9 Å². The van der Waals surface area contributed by atoms with Crippen LogP contribution in [0.25, 0.3) is 66.2 Å². The SMILES string of the molecule is Clc1nc(-c2ccc3cc(-c4ccccc4)ccc3c2)nc(-c2cccc3ccc4ccccc4c23)n1. The van der Waals surface area contributed by atoms with Crippen molar-refractivity contribution in [1.82, 2.24) is 15.0 Å². The number of hydrogen-bond donors (Lipinski definition) is 0. The molecule has 0 saturated carbocycles. The van der Waals surface area contributed by atoms with Gasteiger partial charge in [-0.15, -0.1) is 0 Å². The number of halogens is 1. The number of rotatable bonds is 3. The lowest BCUT2D eigenvalue weighted by Crippen LogP contribution is -1.98. The second-order valence-electron chi connectivity index (χ2n) is 9.08. The first-order valence-corrected chi connectivity index (χ1v) is 12.5. The largest absolute Gasteiger partial charge is 0.226 e. The van der Waals surface area contributed by atoms with Gasteiger partial charge >= 0.3 is 0 Å². The number of benzene rings is 6. The molecule has 0 N–H and O–H groups in total. The second-order valence-corrected chi connectivity index (χ2v) is 9.42. The fourth-order valence-electron chi connectivity index (χ4n) is 5.04. The van der Waals surface area contributed by atoms with Crippen LogP contribution in [0.2, 0.25) is 5.28 Å². The maximum atomic E-state index is 6.46. The van der Waals surface area contributed by atoms with Gasteiger partial charge in [0.15, 0.2) is 11.6 Å². The molecule has 0 unspecified atom stereocenters.